The highest BCUT2D eigenvalue weighted by Gasteiger charge is 2.18. The second-order valence-electron chi connectivity index (χ2n) is 4.99. The van der Waals surface area contributed by atoms with Crippen LogP contribution in [0.2, 0.25) is 0 Å². The van der Waals surface area contributed by atoms with Gasteiger partial charge in [-0.3, -0.25) is 0 Å². The molecule has 1 unspecified atom stereocenters. The van der Waals surface area contributed by atoms with E-state index in [9.17, 15) is 5.11 Å². The summed E-state index contributed by atoms with van der Waals surface area (Å²) in [5.74, 6) is 0. The van der Waals surface area contributed by atoms with E-state index in [1.807, 2.05) is 0 Å². The van der Waals surface area contributed by atoms with E-state index >= 15 is 0 Å². The van der Waals surface area contributed by atoms with Crippen LogP contribution in [-0.4, -0.2) is 37.4 Å². The summed E-state index contributed by atoms with van der Waals surface area (Å²) in [5.41, 5.74) is 2.84. The molecule has 18 heavy (non-hydrogen) atoms. The number of nitrogens with one attached hydrogen (secondary N) is 1. The number of hydrogen-bond donors (Lipinski definition) is 2. The number of para-hydroxylation sites is 1. The molecule has 0 aromatic heterocycles. The van der Waals surface area contributed by atoms with Gasteiger partial charge in [0.05, 0.1) is 6.61 Å². The monoisotopic (exact) mass is 248 g/mol. The number of aliphatic hydroxyl groups is 1. The summed E-state index contributed by atoms with van der Waals surface area (Å²) in [6.07, 6.45) is 3.27. The molecule has 1 aliphatic heterocycles. The molecule has 1 atom stereocenters. The minimum absolute atomic E-state index is 0.232. The van der Waals surface area contributed by atoms with Gasteiger partial charge in [-0.05, 0) is 37.4 Å². The number of aliphatic hydroxyl groups excluding tert-OH is 1. The van der Waals surface area contributed by atoms with Crippen molar-refractivity contribution in [1.29, 1.82) is 0 Å². The highest BCUT2D eigenvalue weighted by molar-refractivity contribution is 5.57. The van der Waals surface area contributed by atoms with Crippen LogP contribution in [0, 0.1) is 0 Å². The summed E-state index contributed by atoms with van der Waals surface area (Å²) in [5, 5.41) is 12.7. The molecule has 1 aliphatic rings. The minimum atomic E-state index is 0.232. The quantitative estimate of drug-likeness (QED) is 0.772. The molecular formula is C15H24N2O. The number of benzene rings is 1. The van der Waals surface area contributed by atoms with Crippen LogP contribution < -0.4 is 10.2 Å². The van der Waals surface area contributed by atoms with E-state index in [4.69, 9.17) is 0 Å². The Bertz CT molecular complexity index is 367. The standard InChI is InChI=1S/C15H24N2O/c1-2-9-16-14(12-18)8-11-17-10-7-13-5-3-4-6-15(13)17/h3-6,14,16,18H,2,7-12H2,1H3. The lowest BCUT2D eigenvalue weighted by atomic mass is 10.1. The number of anilines is 1. The smallest absolute Gasteiger partial charge is 0.0585 e. The maximum Gasteiger partial charge on any atom is 0.0585 e. The van der Waals surface area contributed by atoms with Crippen molar-refractivity contribution in [3.05, 3.63) is 29.8 Å². The zero-order valence-electron chi connectivity index (χ0n) is 11.2. The fourth-order valence-corrected chi connectivity index (χ4v) is 2.56. The molecular weight excluding hydrogens is 224 g/mol. The van der Waals surface area contributed by atoms with Gasteiger partial charge in [0.1, 0.15) is 0 Å². The lowest BCUT2D eigenvalue weighted by Crippen LogP contribution is -2.36. The Kier molecular flexibility index (Phi) is 5.02. The zero-order valence-corrected chi connectivity index (χ0v) is 11.2. The van der Waals surface area contributed by atoms with E-state index < -0.39 is 0 Å². The summed E-state index contributed by atoms with van der Waals surface area (Å²) in [7, 11) is 0. The summed E-state index contributed by atoms with van der Waals surface area (Å²) < 4.78 is 0. The van der Waals surface area contributed by atoms with Gasteiger partial charge >= 0.3 is 0 Å². The van der Waals surface area contributed by atoms with E-state index in [0.29, 0.717) is 0 Å². The topological polar surface area (TPSA) is 35.5 Å². The molecule has 0 aliphatic carbocycles. The lowest BCUT2D eigenvalue weighted by Gasteiger charge is -2.23. The summed E-state index contributed by atoms with van der Waals surface area (Å²) in [6, 6.07) is 8.87. The molecule has 0 radical (unpaired) electrons. The van der Waals surface area contributed by atoms with Gasteiger partial charge in [0, 0.05) is 24.8 Å². The molecule has 100 valence electrons. The van der Waals surface area contributed by atoms with Gasteiger partial charge < -0.3 is 15.3 Å². The molecule has 0 fully saturated rings. The van der Waals surface area contributed by atoms with E-state index in [-0.39, 0.29) is 12.6 Å². The van der Waals surface area contributed by atoms with Gasteiger partial charge in [-0.1, -0.05) is 25.1 Å². The highest BCUT2D eigenvalue weighted by Crippen LogP contribution is 2.27. The molecule has 2 rings (SSSR count). The van der Waals surface area contributed by atoms with Crippen LogP contribution in [0.1, 0.15) is 25.3 Å². The minimum Gasteiger partial charge on any atom is -0.395 e. The van der Waals surface area contributed by atoms with E-state index in [2.05, 4.69) is 41.4 Å². The van der Waals surface area contributed by atoms with Crippen molar-refractivity contribution in [2.24, 2.45) is 0 Å². The third-order valence-electron chi connectivity index (χ3n) is 3.63. The number of nitrogens with zero attached hydrogens (tertiary/aromatic N) is 1. The van der Waals surface area contributed by atoms with Crippen LogP contribution >= 0.6 is 0 Å². The average molecular weight is 248 g/mol. The van der Waals surface area contributed by atoms with Crippen LogP contribution in [0.3, 0.4) is 0 Å². The molecule has 0 saturated carbocycles. The molecule has 2 N–H and O–H groups in total. The summed E-state index contributed by atoms with van der Waals surface area (Å²) >= 11 is 0. The first kappa shape index (κ1) is 13.4. The Hall–Kier alpha value is -1.06. The molecule has 1 aromatic rings. The molecule has 0 saturated heterocycles. The fraction of sp³-hybridized carbons (Fsp3) is 0.600. The van der Waals surface area contributed by atoms with Crippen molar-refractivity contribution >= 4 is 5.69 Å². The second kappa shape index (κ2) is 6.76. The summed E-state index contributed by atoms with van der Waals surface area (Å²) in [6.45, 7) is 5.51. The van der Waals surface area contributed by atoms with Crippen molar-refractivity contribution < 1.29 is 5.11 Å². The van der Waals surface area contributed by atoms with Crippen molar-refractivity contribution in [3.63, 3.8) is 0 Å². The second-order valence-corrected chi connectivity index (χ2v) is 4.99. The molecule has 0 spiro atoms. The molecule has 3 heteroatoms. The van der Waals surface area contributed by atoms with E-state index in [1.165, 1.54) is 11.3 Å². The van der Waals surface area contributed by atoms with Gasteiger partial charge in [0.2, 0.25) is 0 Å². The van der Waals surface area contributed by atoms with Crippen LogP contribution in [0.4, 0.5) is 5.69 Å². The molecule has 1 aromatic carbocycles. The van der Waals surface area contributed by atoms with Crippen LogP contribution in [0.5, 0.6) is 0 Å². The molecule has 3 nitrogen and oxygen atoms in total. The first-order valence-corrected chi connectivity index (χ1v) is 7.02. The summed E-state index contributed by atoms with van der Waals surface area (Å²) in [4.78, 5) is 2.44. The first-order valence-electron chi connectivity index (χ1n) is 7.02. The SMILES string of the molecule is CCCNC(CO)CCN1CCc2ccccc21. The maximum atomic E-state index is 9.34. The third-order valence-corrected chi connectivity index (χ3v) is 3.63. The Morgan fingerprint density at radius 1 is 1.39 bits per heavy atom. The number of hydrogen-bond acceptors (Lipinski definition) is 3. The molecule has 1 heterocycles. The van der Waals surface area contributed by atoms with Crippen LogP contribution in [-0.2, 0) is 6.42 Å². The fourth-order valence-electron chi connectivity index (χ4n) is 2.56. The Balaban J connectivity index is 1.84. The van der Waals surface area contributed by atoms with E-state index in [0.717, 1.165) is 38.9 Å². The Morgan fingerprint density at radius 3 is 3.00 bits per heavy atom. The van der Waals surface area contributed by atoms with Gasteiger partial charge in [-0.25, -0.2) is 0 Å². The van der Waals surface area contributed by atoms with Crippen LogP contribution in [0.15, 0.2) is 24.3 Å². The normalized spacial score (nSPS) is 15.8. The van der Waals surface area contributed by atoms with Gasteiger partial charge in [0.25, 0.3) is 0 Å². The molecule has 0 amide bonds. The van der Waals surface area contributed by atoms with Gasteiger partial charge in [-0.2, -0.15) is 0 Å². The Morgan fingerprint density at radius 2 is 2.22 bits per heavy atom. The number of rotatable bonds is 7. The van der Waals surface area contributed by atoms with Crippen molar-refractivity contribution in [2.45, 2.75) is 32.2 Å². The van der Waals surface area contributed by atoms with E-state index in [1.54, 1.807) is 0 Å². The predicted octanol–water partition coefficient (Wildman–Crippen LogP) is 1.80. The number of fused-ring (bicyclic) bond motifs is 1. The molecule has 0 bridgehead atoms. The van der Waals surface area contributed by atoms with Crippen molar-refractivity contribution in [1.82, 2.24) is 5.32 Å². The maximum absolute atomic E-state index is 9.34. The third kappa shape index (κ3) is 3.24. The van der Waals surface area contributed by atoms with Gasteiger partial charge in [0.15, 0.2) is 0 Å². The Labute approximate surface area is 110 Å². The zero-order chi connectivity index (χ0) is 12.8. The van der Waals surface area contributed by atoms with Crippen LogP contribution in [0.25, 0.3) is 0 Å². The lowest BCUT2D eigenvalue weighted by molar-refractivity contribution is 0.237. The highest BCUT2D eigenvalue weighted by atomic mass is 16.3. The average Bonchev–Trinajstić information content (AvgIpc) is 2.82. The predicted molar refractivity (Wildman–Crippen MR) is 76.1 cm³/mol. The van der Waals surface area contributed by atoms with Crippen molar-refractivity contribution in [3.8, 4) is 0 Å². The largest absolute Gasteiger partial charge is 0.395 e. The van der Waals surface area contributed by atoms with Crippen molar-refractivity contribution in [2.75, 3.05) is 31.1 Å². The van der Waals surface area contributed by atoms with Gasteiger partial charge in [-0.15, -0.1) is 0 Å². The first-order chi connectivity index (χ1) is 8.85.